The van der Waals surface area contributed by atoms with E-state index in [9.17, 15) is 4.79 Å². The van der Waals surface area contributed by atoms with Gasteiger partial charge < -0.3 is 0 Å². The van der Waals surface area contributed by atoms with Gasteiger partial charge >= 0.3 is 0 Å². The molecule has 38 valence electrons. The average Bonchev–Trinajstić information content (AvgIpc) is 1.91. The summed E-state index contributed by atoms with van der Waals surface area (Å²) >= 11 is 0. The molecule has 0 aromatic carbocycles. The predicted molar refractivity (Wildman–Crippen MR) is 24.8 cm³/mol. The molecule has 0 saturated heterocycles. The third kappa shape index (κ3) is 0.618. The van der Waals surface area contributed by atoms with Gasteiger partial charge in [0.05, 0.1) is 0 Å². The average molecular weight is 98.1 g/mol. The first kappa shape index (κ1) is 4.33. The SMILES string of the molecule is NN1C=CCC1=O. The van der Waals surface area contributed by atoms with Crippen LogP contribution in [0.2, 0.25) is 0 Å². The van der Waals surface area contributed by atoms with E-state index in [2.05, 4.69) is 0 Å². The Kier molecular flexibility index (Phi) is 0.834. The van der Waals surface area contributed by atoms with Crippen molar-refractivity contribution in [3.63, 3.8) is 0 Å². The largest absolute Gasteiger partial charge is 0.273 e. The first-order chi connectivity index (χ1) is 3.30. The highest BCUT2D eigenvalue weighted by atomic mass is 16.2. The lowest BCUT2D eigenvalue weighted by molar-refractivity contribution is -0.126. The third-order valence-electron chi connectivity index (χ3n) is 0.846. The van der Waals surface area contributed by atoms with Crippen molar-refractivity contribution in [3.05, 3.63) is 12.3 Å². The molecular formula is C4H6N2O. The van der Waals surface area contributed by atoms with Crippen molar-refractivity contribution >= 4 is 5.91 Å². The second kappa shape index (κ2) is 1.35. The molecule has 1 amide bonds. The van der Waals surface area contributed by atoms with Gasteiger partial charge in [0.1, 0.15) is 0 Å². The zero-order valence-corrected chi connectivity index (χ0v) is 3.79. The Morgan fingerprint density at radius 3 is 2.71 bits per heavy atom. The Balaban J connectivity index is 2.62. The van der Waals surface area contributed by atoms with Crippen molar-refractivity contribution in [2.45, 2.75) is 6.42 Å². The Morgan fingerprint density at radius 1 is 1.86 bits per heavy atom. The number of hydrazine groups is 1. The molecule has 1 heterocycles. The van der Waals surface area contributed by atoms with Gasteiger partial charge in [-0.25, -0.2) is 5.84 Å². The maximum Gasteiger partial charge on any atom is 0.244 e. The summed E-state index contributed by atoms with van der Waals surface area (Å²) in [5.41, 5.74) is 0. The fourth-order valence-corrected chi connectivity index (χ4v) is 0.456. The van der Waals surface area contributed by atoms with Crippen molar-refractivity contribution in [2.75, 3.05) is 0 Å². The highest BCUT2D eigenvalue weighted by Gasteiger charge is 2.08. The molecule has 0 atom stereocenters. The van der Waals surface area contributed by atoms with E-state index in [1.807, 2.05) is 0 Å². The summed E-state index contributed by atoms with van der Waals surface area (Å²) in [6.07, 6.45) is 3.74. The van der Waals surface area contributed by atoms with Crippen LogP contribution in [0.5, 0.6) is 0 Å². The number of nitrogens with zero attached hydrogens (tertiary/aromatic N) is 1. The molecule has 7 heavy (non-hydrogen) atoms. The molecule has 1 rings (SSSR count). The summed E-state index contributed by atoms with van der Waals surface area (Å²) in [5.74, 6) is 5.03. The van der Waals surface area contributed by atoms with Crippen molar-refractivity contribution < 1.29 is 4.79 Å². The van der Waals surface area contributed by atoms with Gasteiger partial charge in [-0.15, -0.1) is 0 Å². The van der Waals surface area contributed by atoms with Gasteiger partial charge in [-0.3, -0.25) is 9.80 Å². The molecule has 0 bridgehead atoms. The summed E-state index contributed by atoms with van der Waals surface area (Å²) in [6.45, 7) is 0. The van der Waals surface area contributed by atoms with E-state index < -0.39 is 0 Å². The molecule has 2 N–H and O–H groups in total. The van der Waals surface area contributed by atoms with E-state index in [1.165, 1.54) is 0 Å². The molecule has 0 radical (unpaired) electrons. The Hall–Kier alpha value is -0.830. The number of hydrogen-bond donors (Lipinski definition) is 1. The smallest absolute Gasteiger partial charge is 0.244 e. The van der Waals surface area contributed by atoms with Crippen LogP contribution in [-0.4, -0.2) is 10.9 Å². The first-order valence-electron chi connectivity index (χ1n) is 2.04. The number of hydrogen-bond acceptors (Lipinski definition) is 2. The Morgan fingerprint density at radius 2 is 2.57 bits per heavy atom. The molecule has 0 aromatic rings. The van der Waals surface area contributed by atoms with Crippen molar-refractivity contribution in [1.82, 2.24) is 5.01 Å². The molecule has 1 aliphatic heterocycles. The Bertz CT molecular complexity index is 119. The zero-order chi connectivity index (χ0) is 5.28. The zero-order valence-electron chi connectivity index (χ0n) is 3.79. The molecule has 0 unspecified atom stereocenters. The maximum atomic E-state index is 10.3. The van der Waals surface area contributed by atoms with Gasteiger partial charge in [0.2, 0.25) is 5.91 Å². The van der Waals surface area contributed by atoms with Crippen molar-refractivity contribution in [3.8, 4) is 0 Å². The summed E-state index contributed by atoms with van der Waals surface area (Å²) in [4.78, 5) is 10.3. The highest BCUT2D eigenvalue weighted by Crippen LogP contribution is 1.98. The van der Waals surface area contributed by atoms with E-state index in [-0.39, 0.29) is 5.91 Å². The monoisotopic (exact) mass is 98.0 g/mol. The molecule has 0 aromatic heterocycles. The van der Waals surface area contributed by atoms with Crippen LogP contribution in [0.1, 0.15) is 6.42 Å². The van der Waals surface area contributed by atoms with E-state index in [1.54, 1.807) is 12.3 Å². The van der Waals surface area contributed by atoms with Crippen LogP contribution >= 0.6 is 0 Å². The Labute approximate surface area is 41.4 Å². The summed E-state index contributed by atoms with van der Waals surface area (Å²) < 4.78 is 0. The van der Waals surface area contributed by atoms with Gasteiger partial charge in [-0.05, 0) is 0 Å². The molecule has 0 saturated carbocycles. The number of carbonyl (C=O) groups excluding carboxylic acids is 1. The lowest BCUT2D eigenvalue weighted by Gasteiger charge is -2.00. The van der Waals surface area contributed by atoms with Crippen molar-refractivity contribution in [1.29, 1.82) is 0 Å². The van der Waals surface area contributed by atoms with E-state index >= 15 is 0 Å². The number of rotatable bonds is 0. The van der Waals surface area contributed by atoms with Gasteiger partial charge in [-0.2, -0.15) is 0 Å². The van der Waals surface area contributed by atoms with E-state index in [4.69, 9.17) is 5.84 Å². The van der Waals surface area contributed by atoms with E-state index in [0.717, 1.165) is 5.01 Å². The van der Waals surface area contributed by atoms with Crippen LogP contribution in [0.3, 0.4) is 0 Å². The van der Waals surface area contributed by atoms with E-state index in [0.29, 0.717) is 6.42 Å². The van der Waals surface area contributed by atoms with Crippen LogP contribution in [0.4, 0.5) is 0 Å². The molecule has 3 nitrogen and oxygen atoms in total. The highest BCUT2D eigenvalue weighted by molar-refractivity contribution is 5.80. The minimum atomic E-state index is -0.0417. The van der Waals surface area contributed by atoms with Crippen LogP contribution in [0.15, 0.2) is 12.3 Å². The fraction of sp³-hybridized carbons (Fsp3) is 0.250. The molecule has 3 heteroatoms. The minimum Gasteiger partial charge on any atom is -0.273 e. The van der Waals surface area contributed by atoms with Gasteiger partial charge in [0.15, 0.2) is 0 Å². The van der Waals surface area contributed by atoms with Crippen LogP contribution in [-0.2, 0) is 4.79 Å². The standard InChI is InChI=1S/C4H6N2O/c5-6-3-1-2-4(6)7/h1,3H,2,5H2. The summed E-state index contributed by atoms with van der Waals surface area (Å²) in [5, 5.41) is 1.08. The third-order valence-corrected chi connectivity index (χ3v) is 0.846. The normalized spacial score (nSPS) is 19.0. The molecule has 0 spiro atoms. The van der Waals surface area contributed by atoms with Gasteiger partial charge in [0.25, 0.3) is 0 Å². The molecule has 1 aliphatic rings. The summed E-state index contributed by atoms with van der Waals surface area (Å²) in [6, 6.07) is 0. The lowest BCUT2D eigenvalue weighted by Crippen LogP contribution is -2.27. The lowest BCUT2D eigenvalue weighted by atomic mass is 10.5. The van der Waals surface area contributed by atoms with Crippen LogP contribution in [0.25, 0.3) is 0 Å². The summed E-state index contributed by atoms with van der Waals surface area (Å²) in [7, 11) is 0. The minimum absolute atomic E-state index is 0.0417. The second-order valence-electron chi connectivity index (χ2n) is 1.39. The molecule has 0 aliphatic carbocycles. The fourth-order valence-electron chi connectivity index (χ4n) is 0.456. The number of nitrogens with two attached hydrogens (primary N) is 1. The topological polar surface area (TPSA) is 46.3 Å². The maximum absolute atomic E-state index is 10.3. The molecular weight excluding hydrogens is 92.1 g/mol. The van der Waals surface area contributed by atoms with Crippen LogP contribution in [0, 0.1) is 0 Å². The molecule has 0 fully saturated rings. The number of amides is 1. The first-order valence-corrected chi connectivity index (χ1v) is 2.04. The van der Waals surface area contributed by atoms with Crippen molar-refractivity contribution in [2.24, 2.45) is 5.84 Å². The van der Waals surface area contributed by atoms with Gasteiger partial charge in [0, 0.05) is 12.6 Å². The second-order valence-corrected chi connectivity index (χ2v) is 1.39. The quantitative estimate of drug-likeness (QED) is 0.331. The van der Waals surface area contributed by atoms with Gasteiger partial charge in [-0.1, -0.05) is 6.08 Å². The predicted octanol–water partition coefficient (Wildman–Crippen LogP) is -0.394. The van der Waals surface area contributed by atoms with Crippen LogP contribution < -0.4 is 5.84 Å². The number of carbonyl (C=O) groups is 1.